The fraction of sp³-hybridized carbons (Fsp3) is 0.455. The van der Waals surface area contributed by atoms with Crippen molar-refractivity contribution in [2.75, 3.05) is 19.0 Å². The Morgan fingerprint density at radius 3 is 2.28 bits per heavy atom. The number of benzene rings is 2. The van der Waals surface area contributed by atoms with Gasteiger partial charge >= 0.3 is 0 Å². The minimum Gasteiger partial charge on any atom is -0.492 e. The van der Waals surface area contributed by atoms with Gasteiger partial charge in [-0.2, -0.15) is 0 Å². The predicted molar refractivity (Wildman–Crippen MR) is 108 cm³/mol. The molecule has 3 heteroatoms. The molecule has 0 saturated heterocycles. The average molecular weight is 360 g/mol. The highest BCUT2D eigenvalue weighted by molar-refractivity contribution is 6.18. The Bertz CT molecular complexity index is 599. The molecule has 0 N–H and O–H groups in total. The number of alkyl halides is 1. The summed E-state index contributed by atoms with van der Waals surface area (Å²) >= 11 is 6.00. The van der Waals surface area contributed by atoms with Gasteiger partial charge in [0.15, 0.2) is 0 Å². The van der Waals surface area contributed by atoms with Crippen LogP contribution < -0.4 is 4.74 Å². The van der Waals surface area contributed by atoms with Crippen molar-refractivity contribution in [2.24, 2.45) is 0 Å². The van der Waals surface area contributed by atoms with E-state index in [4.69, 9.17) is 16.3 Å². The second-order valence-electron chi connectivity index (χ2n) is 6.68. The van der Waals surface area contributed by atoms with Gasteiger partial charge in [0.25, 0.3) is 0 Å². The third kappa shape index (κ3) is 6.37. The first-order valence-corrected chi connectivity index (χ1v) is 9.74. The zero-order valence-corrected chi connectivity index (χ0v) is 16.4. The third-order valence-corrected chi connectivity index (χ3v) is 4.95. The van der Waals surface area contributed by atoms with Gasteiger partial charge in [0, 0.05) is 25.0 Å². The summed E-state index contributed by atoms with van der Waals surface area (Å²) in [7, 11) is 0. The molecule has 2 rings (SSSR count). The van der Waals surface area contributed by atoms with Crippen LogP contribution >= 0.6 is 11.6 Å². The summed E-state index contributed by atoms with van der Waals surface area (Å²) in [6, 6.07) is 19.3. The minimum atomic E-state index is 0.299. The number of hydrogen-bond acceptors (Lipinski definition) is 2. The van der Waals surface area contributed by atoms with E-state index in [0.29, 0.717) is 24.4 Å². The fourth-order valence-electron chi connectivity index (χ4n) is 2.83. The molecule has 0 spiro atoms. The number of ether oxygens (including phenoxy) is 1. The summed E-state index contributed by atoms with van der Waals surface area (Å²) < 4.78 is 6.02. The molecule has 0 heterocycles. The Labute approximate surface area is 157 Å². The van der Waals surface area contributed by atoms with E-state index in [2.05, 4.69) is 74.2 Å². The summed E-state index contributed by atoms with van der Waals surface area (Å²) in [5.74, 6) is 2.16. The molecule has 2 atom stereocenters. The standard InChI is InChI=1S/C22H30ClNO/c1-4-18(2)21-10-12-22(13-11-21)25-17-19(3)24(15-14-23)16-20-8-6-5-7-9-20/h5-13,18-19H,4,14-17H2,1-3H3. The predicted octanol–water partition coefficient (Wildman–Crippen LogP) is 5.71. The summed E-state index contributed by atoms with van der Waals surface area (Å²) in [6.45, 7) is 9.08. The molecule has 2 unspecified atom stereocenters. The van der Waals surface area contributed by atoms with E-state index in [9.17, 15) is 0 Å². The van der Waals surface area contributed by atoms with E-state index in [-0.39, 0.29) is 0 Å². The molecule has 25 heavy (non-hydrogen) atoms. The Morgan fingerprint density at radius 1 is 1.00 bits per heavy atom. The van der Waals surface area contributed by atoms with Crippen LogP contribution in [-0.4, -0.2) is 30.0 Å². The molecule has 0 aromatic heterocycles. The van der Waals surface area contributed by atoms with Gasteiger partial charge < -0.3 is 4.74 Å². The first kappa shape index (κ1) is 19.8. The fourth-order valence-corrected chi connectivity index (χ4v) is 3.05. The lowest BCUT2D eigenvalue weighted by atomic mass is 9.99. The van der Waals surface area contributed by atoms with Crippen LogP contribution in [0.5, 0.6) is 5.75 Å². The molecule has 2 aromatic rings. The van der Waals surface area contributed by atoms with E-state index in [1.165, 1.54) is 11.1 Å². The van der Waals surface area contributed by atoms with Crippen molar-refractivity contribution in [3.63, 3.8) is 0 Å². The van der Waals surface area contributed by atoms with Crippen molar-refractivity contribution in [3.05, 3.63) is 65.7 Å². The second-order valence-corrected chi connectivity index (χ2v) is 7.06. The molecule has 0 aliphatic rings. The Hall–Kier alpha value is -1.51. The maximum absolute atomic E-state index is 6.02. The normalized spacial score (nSPS) is 13.6. The highest BCUT2D eigenvalue weighted by Crippen LogP contribution is 2.21. The monoisotopic (exact) mass is 359 g/mol. The summed E-state index contributed by atoms with van der Waals surface area (Å²) in [5.41, 5.74) is 2.67. The van der Waals surface area contributed by atoms with Crippen LogP contribution in [0.3, 0.4) is 0 Å². The zero-order valence-electron chi connectivity index (χ0n) is 15.6. The van der Waals surface area contributed by atoms with Gasteiger partial charge in [0.1, 0.15) is 12.4 Å². The number of rotatable bonds is 10. The van der Waals surface area contributed by atoms with Crippen LogP contribution in [0, 0.1) is 0 Å². The quantitative estimate of drug-likeness (QED) is 0.504. The molecule has 0 bridgehead atoms. The van der Waals surface area contributed by atoms with Crippen LogP contribution in [-0.2, 0) is 6.54 Å². The maximum Gasteiger partial charge on any atom is 0.119 e. The number of hydrogen-bond donors (Lipinski definition) is 0. The summed E-state index contributed by atoms with van der Waals surface area (Å²) in [4.78, 5) is 2.37. The van der Waals surface area contributed by atoms with Crippen molar-refractivity contribution >= 4 is 11.6 Å². The van der Waals surface area contributed by atoms with Crippen molar-refractivity contribution in [2.45, 2.75) is 45.7 Å². The molecular formula is C22H30ClNO. The molecule has 0 amide bonds. The van der Waals surface area contributed by atoms with Gasteiger partial charge in [-0.05, 0) is 42.5 Å². The molecule has 0 aliphatic carbocycles. The van der Waals surface area contributed by atoms with E-state index in [1.54, 1.807) is 0 Å². The van der Waals surface area contributed by atoms with Gasteiger partial charge in [-0.1, -0.05) is 56.3 Å². The van der Waals surface area contributed by atoms with Crippen LogP contribution in [0.1, 0.15) is 44.2 Å². The van der Waals surface area contributed by atoms with Gasteiger partial charge in [-0.15, -0.1) is 11.6 Å². The van der Waals surface area contributed by atoms with E-state index >= 15 is 0 Å². The molecule has 2 nitrogen and oxygen atoms in total. The smallest absolute Gasteiger partial charge is 0.119 e. The highest BCUT2D eigenvalue weighted by Gasteiger charge is 2.15. The molecule has 0 aliphatic heterocycles. The molecule has 136 valence electrons. The first-order valence-electron chi connectivity index (χ1n) is 9.20. The van der Waals surface area contributed by atoms with Crippen LogP contribution in [0.2, 0.25) is 0 Å². The average Bonchev–Trinajstić information content (AvgIpc) is 2.66. The largest absolute Gasteiger partial charge is 0.492 e. The van der Waals surface area contributed by atoms with E-state index < -0.39 is 0 Å². The van der Waals surface area contributed by atoms with Crippen LogP contribution in [0.15, 0.2) is 54.6 Å². The number of nitrogens with zero attached hydrogens (tertiary/aromatic N) is 1. The lowest BCUT2D eigenvalue weighted by molar-refractivity contribution is 0.146. The molecule has 2 aromatic carbocycles. The summed E-state index contributed by atoms with van der Waals surface area (Å²) in [5, 5.41) is 0. The number of halogens is 1. The van der Waals surface area contributed by atoms with Gasteiger partial charge in [-0.25, -0.2) is 0 Å². The Balaban J connectivity index is 1.90. The van der Waals surface area contributed by atoms with Crippen molar-refractivity contribution < 1.29 is 4.74 Å². The highest BCUT2D eigenvalue weighted by atomic mass is 35.5. The van der Waals surface area contributed by atoms with Crippen molar-refractivity contribution in [1.29, 1.82) is 0 Å². The first-order chi connectivity index (χ1) is 12.1. The van der Waals surface area contributed by atoms with E-state index in [1.807, 2.05) is 6.07 Å². The summed E-state index contributed by atoms with van der Waals surface area (Å²) in [6.07, 6.45) is 1.16. The van der Waals surface area contributed by atoms with E-state index in [0.717, 1.165) is 25.3 Å². The molecule has 0 radical (unpaired) electrons. The molecule has 0 saturated carbocycles. The van der Waals surface area contributed by atoms with Crippen molar-refractivity contribution in [3.8, 4) is 5.75 Å². The van der Waals surface area contributed by atoms with Crippen LogP contribution in [0.4, 0.5) is 0 Å². The maximum atomic E-state index is 6.02. The van der Waals surface area contributed by atoms with Gasteiger partial charge in [-0.3, -0.25) is 4.90 Å². The molecular weight excluding hydrogens is 330 g/mol. The topological polar surface area (TPSA) is 12.5 Å². The Kier molecular flexibility index (Phi) is 8.30. The third-order valence-electron chi connectivity index (χ3n) is 4.78. The molecule has 0 fully saturated rings. The van der Waals surface area contributed by atoms with Gasteiger partial charge in [0.2, 0.25) is 0 Å². The SMILES string of the molecule is CCC(C)c1ccc(OCC(C)N(CCCl)Cc2ccccc2)cc1. The van der Waals surface area contributed by atoms with Gasteiger partial charge in [0.05, 0.1) is 0 Å². The van der Waals surface area contributed by atoms with Crippen molar-refractivity contribution in [1.82, 2.24) is 4.90 Å². The second kappa shape index (κ2) is 10.5. The van der Waals surface area contributed by atoms with Crippen LogP contribution in [0.25, 0.3) is 0 Å². The zero-order chi connectivity index (χ0) is 18.1. The minimum absolute atomic E-state index is 0.299. The lowest BCUT2D eigenvalue weighted by Gasteiger charge is -2.28. The lowest BCUT2D eigenvalue weighted by Crippen LogP contribution is -2.38. The Morgan fingerprint density at radius 2 is 1.68 bits per heavy atom.